The second-order valence-electron chi connectivity index (χ2n) is 4.65. The van der Waals surface area contributed by atoms with Gasteiger partial charge in [-0.15, -0.1) is 0 Å². The molecule has 1 aliphatic rings. The van der Waals surface area contributed by atoms with Gasteiger partial charge in [-0.1, -0.05) is 13.3 Å². The maximum Gasteiger partial charge on any atom is 0.222 e. The second kappa shape index (κ2) is 4.78. The topological polar surface area (TPSA) is 55.1 Å². The van der Waals surface area contributed by atoms with Crippen LogP contribution in [-0.4, -0.2) is 17.5 Å². The summed E-state index contributed by atoms with van der Waals surface area (Å²) in [5.41, 5.74) is 5.81. The van der Waals surface area contributed by atoms with E-state index in [1.165, 1.54) is 6.42 Å². The zero-order chi connectivity index (χ0) is 10.6. The number of hydrogen-bond donors (Lipinski definition) is 2. The molecule has 0 spiro atoms. The molecule has 14 heavy (non-hydrogen) atoms. The minimum Gasteiger partial charge on any atom is -0.354 e. The highest BCUT2D eigenvalue weighted by Crippen LogP contribution is 2.31. The Morgan fingerprint density at radius 2 is 2.21 bits per heavy atom. The van der Waals surface area contributed by atoms with Gasteiger partial charge in [0.25, 0.3) is 0 Å². The molecule has 1 atom stereocenters. The molecule has 0 bridgehead atoms. The molecule has 1 unspecified atom stereocenters. The number of nitrogens with one attached hydrogen (secondary N) is 1. The van der Waals surface area contributed by atoms with E-state index in [4.69, 9.17) is 5.73 Å². The van der Waals surface area contributed by atoms with Gasteiger partial charge in [-0.2, -0.15) is 0 Å². The van der Waals surface area contributed by atoms with Crippen molar-refractivity contribution in [1.29, 1.82) is 0 Å². The van der Waals surface area contributed by atoms with Crippen LogP contribution in [0.25, 0.3) is 0 Å². The molecular formula is C11H22N2O. The monoisotopic (exact) mass is 198 g/mol. The number of carbonyl (C=O) groups excluding carboxylic acids is 1. The van der Waals surface area contributed by atoms with Crippen molar-refractivity contribution in [1.82, 2.24) is 5.32 Å². The van der Waals surface area contributed by atoms with Gasteiger partial charge in [0.15, 0.2) is 0 Å². The number of amides is 1. The quantitative estimate of drug-likeness (QED) is 0.704. The highest BCUT2D eigenvalue weighted by molar-refractivity contribution is 5.77. The lowest BCUT2D eigenvalue weighted by molar-refractivity contribution is -0.123. The Morgan fingerprint density at radius 1 is 1.57 bits per heavy atom. The largest absolute Gasteiger partial charge is 0.354 e. The molecule has 1 rings (SSSR count). The fraction of sp³-hybridized carbons (Fsp3) is 0.909. The smallest absolute Gasteiger partial charge is 0.222 e. The van der Waals surface area contributed by atoms with Gasteiger partial charge in [-0.05, 0) is 32.6 Å². The molecule has 1 aliphatic carbocycles. The van der Waals surface area contributed by atoms with Crippen molar-refractivity contribution in [2.75, 3.05) is 0 Å². The van der Waals surface area contributed by atoms with Gasteiger partial charge in [-0.3, -0.25) is 4.79 Å². The molecule has 0 saturated heterocycles. The zero-order valence-electron chi connectivity index (χ0n) is 9.31. The van der Waals surface area contributed by atoms with Gasteiger partial charge >= 0.3 is 0 Å². The first kappa shape index (κ1) is 11.5. The minimum absolute atomic E-state index is 0.119. The van der Waals surface area contributed by atoms with E-state index in [-0.39, 0.29) is 17.5 Å². The van der Waals surface area contributed by atoms with E-state index in [1.807, 2.05) is 6.92 Å². The number of rotatable bonds is 5. The lowest BCUT2D eigenvalue weighted by atomic mass is 9.75. The molecule has 3 heteroatoms. The van der Waals surface area contributed by atoms with Crippen LogP contribution in [0.4, 0.5) is 0 Å². The third kappa shape index (κ3) is 3.29. The van der Waals surface area contributed by atoms with Crippen molar-refractivity contribution >= 4 is 5.91 Å². The normalized spacial score (nSPS) is 21.1. The molecule has 0 aliphatic heterocycles. The highest BCUT2D eigenvalue weighted by Gasteiger charge is 2.34. The van der Waals surface area contributed by atoms with Crippen LogP contribution in [-0.2, 0) is 4.79 Å². The molecule has 0 aromatic heterocycles. The predicted molar refractivity (Wildman–Crippen MR) is 57.9 cm³/mol. The lowest BCUT2D eigenvalue weighted by Crippen LogP contribution is -2.50. The minimum atomic E-state index is -0.185. The van der Waals surface area contributed by atoms with E-state index >= 15 is 0 Å². The average molecular weight is 198 g/mol. The number of nitrogens with two attached hydrogens (primary N) is 1. The van der Waals surface area contributed by atoms with Crippen molar-refractivity contribution in [2.45, 2.75) is 64.0 Å². The van der Waals surface area contributed by atoms with Crippen LogP contribution < -0.4 is 11.1 Å². The van der Waals surface area contributed by atoms with E-state index in [9.17, 15) is 4.79 Å². The first-order valence-electron chi connectivity index (χ1n) is 5.64. The summed E-state index contributed by atoms with van der Waals surface area (Å²) in [6.45, 7) is 4.17. The van der Waals surface area contributed by atoms with Gasteiger partial charge < -0.3 is 11.1 Å². The molecule has 3 N–H and O–H groups in total. The molecule has 0 radical (unpaired) electrons. The molecule has 3 nitrogen and oxygen atoms in total. The summed E-state index contributed by atoms with van der Waals surface area (Å²) in [5, 5.41) is 2.99. The van der Waals surface area contributed by atoms with Crippen LogP contribution in [0, 0.1) is 0 Å². The van der Waals surface area contributed by atoms with Crippen LogP contribution in [0.15, 0.2) is 0 Å². The molecular weight excluding hydrogens is 176 g/mol. The summed E-state index contributed by atoms with van der Waals surface area (Å²) >= 11 is 0. The van der Waals surface area contributed by atoms with E-state index in [2.05, 4.69) is 12.2 Å². The van der Waals surface area contributed by atoms with Crippen molar-refractivity contribution in [3.05, 3.63) is 0 Å². The first-order valence-corrected chi connectivity index (χ1v) is 5.64. The Balaban J connectivity index is 2.21. The predicted octanol–water partition coefficient (Wildman–Crippen LogP) is 1.56. The molecule has 1 saturated carbocycles. The number of hydrogen-bond acceptors (Lipinski definition) is 2. The maximum absolute atomic E-state index is 11.5. The Labute approximate surface area is 86.4 Å². The van der Waals surface area contributed by atoms with Crippen LogP contribution in [0.2, 0.25) is 0 Å². The van der Waals surface area contributed by atoms with E-state index in [0.29, 0.717) is 6.42 Å². The standard InChI is InChI=1S/C11H22N2O/c1-3-5-9(2)13-10(14)8-11(12)6-4-7-11/h9H,3-8,12H2,1-2H3,(H,13,14). The summed E-state index contributed by atoms with van der Waals surface area (Å²) in [5.74, 6) is 0.119. The summed E-state index contributed by atoms with van der Waals surface area (Å²) in [7, 11) is 0. The van der Waals surface area contributed by atoms with Gasteiger partial charge in [0, 0.05) is 18.0 Å². The third-order valence-electron chi connectivity index (χ3n) is 2.99. The van der Waals surface area contributed by atoms with Crippen LogP contribution in [0.3, 0.4) is 0 Å². The van der Waals surface area contributed by atoms with Gasteiger partial charge in [0.1, 0.15) is 0 Å². The Bertz CT molecular complexity index is 199. The molecule has 82 valence electrons. The van der Waals surface area contributed by atoms with E-state index in [1.54, 1.807) is 0 Å². The second-order valence-corrected chi connectivity index (χ2v) is 4.65. The average Bonchev–Trinajstić information content (AvgIpc) is 2.01. The van der Waals surface area contributed by atoms with Crippen molar-refractivity contribution in [2.24, 2.45) is 5.73 Å². The first-order chi connectivity index (χ1) is 6.56. The van der Waals surface area contributed by atoms with Crippen molar-refractivity contribution < 1.29 is 4.79 Å². The van der Waals surface area contributed by atoms with Crippen LogP contribution in [0.5, 0.6) is 0 Å². The Morgan fingerprint density at radius 3 is 2.64 bits per heavy atom. The molecule has 0 aromatic carbocycles. The molecule has 0 heterocycles. The fourth-order valence-electron chi connectivity index (χ4n) is 1.96. The third-order valence-corrected chi connectivity index (χ3v) is 2.99. The van der Waals surface area contributed by atoms with E-state index in [0.717, 1.165) is 25.7 Å². The van der Waals surface area contributed by atoms with Crippen LogP contribution in [0.1, 0.15) is 52.4 Å². The van der Waals surface area contributed by atoms with Gasteiger partial charge in [0.2, 0.25) is 5.91 Å². The Hall–Kier alpha value is -0.570. The molecule has 0 aromatic rings. The molecule has 1 fully saturated rings. The van der Waals surface area contributed by atoms with E-state index < -0.39 is 0 Å². The Kier molecular flexibility index (Phi) is 3.93. The summed E-state index contributed by atoms with van der Waals surface area (Å²) in [6.07, 6.45) is 5.83. The summed E-state index contributed by atoms with van der Waals surface area (Å²) < 4.78 is 0. The summed E-state index contributed by atoms with van der Waals surface area (Å²) in [6, 6.07) is 0.288. The van der Waals surface area contributed by atoms with Gasteiger partial charge in [-0.25, -0.2) is 0 Å². The zero-order valence-corrected chi connectivity index (χ0v) is 9.31. The van der Waals surface area contributed by atoms with Crippen LogP contribution >= 0.6 is 0 Å². The molecule has 1 amide bonds. The highest BCUT2D eigenvalue weighted by atomic mass is 16.1. The number of carbonyl (C=O) groups is 1. The van der Waals surface area contributed by atoms with Crippen molar-refractivity contribution in [3.8, 4) is 0 Å². The van der Waals surface area contributed by atoms with Crippen molar-refractivity contribution in [3.63, 3.8) is 0 Å². The van der Waals surface area contributed by atoms with Gasteiger partial charge in [0.05, 0.1) is 0 Å². The lowest BCUT2D eigenvalue weighted by Gasteiger charge is -2.37. The summed E-state index contributed by atoms with van der Waals surface area (Å²) in [4.78, 5) is 11.5. The SMILES string of the molecule is CCCC(C)NC(=O)CC1(N)CCC1. The maximum atomic E-state index is 11.5. The fourth-order valence-corrected chi connectivity index (χ4v) is 1.96.